The summed E-state index contributed by atoms with van der Waals surface area (Å²) in [7, 11) is 0. The number of carboxylic acid groups (broad SMARTS) is 1. The van der Waals surface area contributed by atoms with E-state index in [1.54, 1.807) is 13.8 Å². The molecule has 0 radical (unpaired) electrons. The van der Waals surface area contributed by atoms with Crippen LogP contribution in [0, 0.1) is 17.8 Å². The van der Waals surface area contributed by atoms with Gasteiger partial charge in [0, 0.05) is 13.0 Å². The van der Waals surface area contributed by atoms with Crippen LogP contribution in [-0.4, -0.2) is 101 Å². The molecule has 0 aromatic rings. The van der Waals surface area contributed by atoms with Crippen molar-refractivity contribution in [3.05, 3.63) is 0 Å². The topological polar surface area (TPSA) is 258 Å². The Bertz CT molecular complexity index is 1070. The summed E-state index contributed by atoms with van der Waals surface area (Å²) in [6.45, 7) is 10.4. The highest BCUT2D eigenvalue weighted by Crippen LogP contribution is 2.11. The number of carboxylic acids is 1. The summed E-state index contributed by atoms with van der Waals surface area (Å²) in [5.41, 5.74) is 5.25. The number of rotatable bonds is 19. The van der Waals surface area contributed by atoms with Gasteiger partial charge < -0.3 is 47.8 Å². The van der Waals surface area contributed by atoms with Crippen LogP contribution in [0.5, 0.6) is 0 Å². The van der Waals surface area contributed by atoms with Crippen molar-refractivity contribution < 1.29 is 43.8 Å². The van der Waals surface area contributed by atoms with Gasteiger partial charge in [-0.2, -0.15) is 0 Å². The Morgan fingerprint density at radius 3 is 1.84 bits per heavy atom. The number of aliphatic hydroxyl groups excluding tert-OH is 1. The van der Waals surface area contributed by atoms with Gasteiger partial charge in [-0.3, -0.25) is 28.8 Å². The van der Waals surface area contributed by atoms with Gasteiger partial charge in [0.25, 0.3) is 0 Å². The molecule has 16 nitrogen and oxygen atoms in total. The molecule has 1 heterocycles. The lowest BCUT2D eigenvalue weighted by Crippen LogP contribution is -2.59. The number of primary amides is 1. The molecule has 0 saturated carbocycles. The van der Waals surface area contributed by atoms with E-state index < -0.39 is 90.2 Å². The molecule has 0 aromatic carbocycles. The van der Waals surface area contributed by atoms with Gasteiger partial charge in [-0.15, -0.1) is 0 Å². The summed E-state index contributed by atoms with van der Waals surface area (Å²) in [6, 6.07) is -5.36. The van der Waals surface area contributed by atoms with Crippen molar-refractivity contribution in [3.63, 3.8) is 0 Å². The maximum atomic E-state index is 13.4. The highest BCUT2D eigenvalue weighted by molar-refractivity contribution is 5.96. The van der Waals surface area contributed by atoms with E-state index in [0.29, 0.717) is 0 Å². The fourth-order valence-corrected chi connectivity index (χ4v) is 4.73. The van der Waals surface area contributed by atoms with Gasteiger partial charge in [-0.25, -0.2) is 4.79 Å². The smallest absolute Gasteiger partial charge is 0.326 e. The standard InChI is InChI=1S/C29H51N7O9/c1-14(2)9-20(27(42)36-24(16(5)6)28(43)35-21(29(44)45)10-15(3)4)34-26(41)18(7-8-22(30)38)33-23(39)13-32-25(40)19-11-17(37)12-31-19/h14-21,24,31,37H,7-13H2,1-6H3,(H2,30,38)(H,32,40)(H,33,39)(H,34,41)(H,35,43)(H,36,42)(H,44,45)/t17-,18+,19+,20+,21+,24+/m1/s1. The van der Waals surface area contributed by atoms with Crippen LogP contribution >= 0.6 is 0 Å². The molecule has 1 aliphatic rings. The second-order valence-electron chi connectivity index (χ2n) is 12.6. The van der Waals surface area contributed by atoms with Gasteiger partial charge in [0.15, 0.2) is 0 Å². The van der Waals surface area contributed by atoms with Crippen LogP contribution in [0.1, 0.15) is 73.6 Å². The summed E-state index contributed by atoms with van der Waals surface area (Å²) in [4.78, 5) is 87.8. The second kappa shape index (κ2) is 18.9. The average Bonchev–Trinajstić information content (AvgIpc) is 3.36. The molecular formula is C29H51N7O9. The Hall–Kier alpha value is -3.79. The fraction of sp³-hybridized carbons (Fsp3) is 0.759. The lowest BCUT2D eigenvalue weighted by atomic mass is 9.98. The van der Waals surface area contributed by atoms with Crippen molar-refractivity contribution in [2.75, 3.05) is 13.1 Å². The van der Waals surface area contributed by atoms with E-state index in [9.17, 15) is 43.8 Å². The molecular weight excluding hydrogens is 590 g/mol. The van der Waals surface area contributed by atoms with E-state index in [4.69, 9.17) is 5.73 Å². The third-order valence-electron chi connectivity index (χ3n) is 7.09. The number of nitrogens with one attached hydrogen (secondary N) is 6. The van der Waals surface area contributed by atoms with Crippen LogP contribution in [0.4, 0.5) is 0 Å². The van der Waals surface area contributed by atoms with Crippen LogP contribution < -0.4 is 37.6 Å². The van der Waals surface area contributed by atoms with Gasteiger partial charge in [-0.05, 0) is 43.4 Å². The molecule has 1 rings (SSSR count). The molecule has 10 N–H and O–H groups in total. The Balaban J connectivity index is 3.01. The molecule has 6 amide bonds. The van der Waals surface area contributed by atoms with Crippen molar-refractivity contribution in [2.24, 2.45) is 23.5 Å². The molecule has 0 aliphatic carbocycles. The number of hydrogen-bond donors (Lipinski definition) is 9. The molecule has 1 aliphatic heterocycles. The average molecular weight is 642 g/mol. The molecule has 1 fully saturated rings. The maximum absolute atomic E-state index is 13.4. The van der Waals surface area contributed by atoms with Crippen molar-refractivity contribution in [1.82, 2.24) is 31.9 Å². The Morgan fingerprint density at radius 1 is 0.800 bits per heavy atom. The van der Waals surface area contributed by atoms with E-state index >= 15 is 0 Å². The Kier molecular flexibility index (Phi) is 16.5. The minimum Gasteiger partial charge on any atom is -0.480 e. The van der Waals surface area contributed by atoms with Crippen molar-refractivity contribution >= 4 is 41.4 Å². The van der Waals surface area contributed by atoms with Gasteiger partial charge >= 0.3 is 5.97 Å². The number of nitrogens with two attached hydrogens (primary N) is 1. The summed E-state index contributed by atoms with van der Waals surface area (Å²) < 4.78 is 0. The molecule has 45 heavy (non-hydrogen) atoms. The zero-order valence-electron chi connectivity index (χ0n) is 27.0. The predicted molar refractivity (Wildman–Crippen MR) is 163 cm³/mol. The monoisotopic (exact) mass is 641 g/mol. The number of carbonyl (C=O) groups is 7. The normalized spacial score (nSPS) is 18.9. The first-order valence-corrected chi connectivity index (χ1v) is 15.3. The Labute approximate surface area is 263 Å². The van der Waals surface area contributed by atoms with Gasteiger partial charge in [0.05, 0.1) is 18.7 Å². The number of carbonyl (C=O) groups excluding carboxylic acids is 6. The predicted octanol–water partition coefficient (Wildman–Crippen LogP) is -2.14. The van der Waals surface area contributed by atoms with Crippen LogP contribution in [0.25, 0.3) is 0 Å². The highest BCUT2D eigenvalue weighted by Gasteiger charge is 2.33. The molecule has 16 heteroatoms. The number of β-amino-alcohol motifs (C(OH)–C–C–N with tert-alkyl or cyclic N) is 1. The van der Waals surface area contributed by atoms with Crippen LogP contribution in [0.3, 0.4) is 0 Å². The quantitative estimate of drug-likeness (QED) is 0.0739. The second-order valence-corrected chi connectivity index (χ2v) is 12.6. The first kappa shape index (κ1) is 39.2. The lowest BCUT2D eigenvalue weighted by molar-refractivity contribution is -0.143. The van der Waals surface area contributed by atoms with Gasteiger partial charge in [-0.1, -0.05) is 41.5 Å². The van der Waals surface area contributed by atoms with Gasteiger partial charge in [0.1, 0.15) is 24.2 Å². The summed E-state index contributed by atoms with van der Waals surface area (Å²) in [5, 5.41) is 34.5. The Morgan fingerprint density at radius 2 is 1.36 bits per heavy atom. The molecule has 256 valence electrons. The first-order chi connectivity index (χ1) is 20.9. The first-order valence-electron chi connectivity index (χ1n) is 15.3. The van der Waals surface area contributed by atoms with Crippen LogP contribution in [-0.2, 0) is 33.6 Å². The van der Waals surface area contributed by atoms with Crippen LogP contribution in [0.2, 0.25) is 0 Å². The molecule has 0 spiro atoms. The van der Waals surface area contributed by atoms with E-state index in [2.05, 4.69) is 31.9 Å². The SMILES string of the molecule is CC(C)C[C@H](NC(=O)[C@@H](NC(=O)[C@H](CC(C)C)NC(=O)[C@H](CCC(N)=O)NC(=O)CNC(=O)[C@@H]1C[C@@H](O)CN1)C(C)C)C(=O)O. The lowest BCUT2D eigenvalue weighted by Gasteiger charge is -2.28. The number of aliphatic carboxylic acids is 1. The van der Waals surface area contributed by atoms with Crippen molar-refractivity contribution in [2.45, 2.75) is 110 Å². The minimum absolute atomic E-state index is 0.0123. The largest absolute Gasteiger partial charge is 0.480 e. The summed E-state index contributed by atoms with van der Waals surface area (Å²) in [6.07, 6.45) is -0.586. The molecule has 1 saturated heterocycles. The number of amides is 6. The van der Waals surface area contributed by atoms with E-state index in [1.165, 1.54) is 0 Å². The minimum atomic E-state index is -1.28. The number of hydrogen-bond acceptors (Lipinski definition) is 9. The zero-order chi connectivity index (χ0) is 34.4. The van der Waals surface area contributed by atoms with Crippen molar-refractivity contribution in [1.29, 1.82) is 0 Å². The highest BCUT2D eigenvalue weighted by atomic mass is 16.4. The van der Waals surface area contributed by atoms with E-state index in [1.807, 2.05) is 27.7 Å². The molecule has 0 bridgehead atoms. The summed E-state index contributed by atoms with van der Waals surface area (Å²) >= 11 is 0. The van der Waals surface area contributed by atoms with Crippen molar-refractivity contribution in [3.8, 4) is 0 Å². The summed E-state index contributed by atoms with van der Waals surface area (Å²) in [5.74, 6) is -5.86. The van der Waals surface area contributed by atoms with E-state index in [-0.39, 0.29) is 50.5 Å². The molecule has 0 unspecified atom stereocenters. The fourth-order valence-electron chi connectivity index (χ4n) is 4.73. The molecule has 6 atom stereocenters. The van der Waals surface area contributed by atoms with Gasteiger partial charge in [0.2, 0.25) is 35.4 Å². The maximum Gasteiger partial charge on any atom is 0.326 e. The van der Waals surface area contributed by atoms with Crippen LogP contribution in [0.15, 0.2) is 0 Å². The zero-order valence-corrected chi connectivity index (χ0v) is 27.0. The number of aliphatic hydroxyl groups is 1. The molecule has 0 aromatic heterocycles. The third-order valence-corrected chi connectivity index (χ3v) is 7.09. The van der Waals surface area contributed by atoms with E-state index in [0.717, 1.165) is 0 Å². The third kappa shape index (κ3) is 14.7.